The summed E-state index contributed by atoms with van der Waals surface area (Å²) >= 11 is 0. The Kier molecular flexibility index (Phi) is 6.02. The van der Waals surface area contributed by atoms with Crippen LogP contribution in [0, 0.1) is 0 Å². The van der Waals surface area contributed by atoms with E-state index in [9.17, 15) is 4.79 Å². The molecule has 0 fully saturated rings. The lowest BCUT2D eigenvalue weighted by Crippen LogP contribution is -2.50. The van der Waals surface area contributed by atoms with Crippen LogP contribution in [-0.2, 0) is 5.54 Å². The van der Waals surface area contributed by atoms with Crippen molar-refractivity contribution in [3.05, 3.63) is 71.8 Å². The lowest BCUT2D eigenvalue weighted by molar-refractivity contribution is 0.175. The molecule has 2 aromatic rings. The summed E-state index contributed by atoms with van der Waals surface area (Å²) in [4.78, 5) is 14.7. The minimum atomic E-state index is -0.330. The number of urea groups is 1. The molecule has 3 nitrogen and oxygen atoms in total. The van der Waals surface area contributed by atoms with Crippen LogP contribution in [0.15, 0.2) is 60.7 Å². The van der Waals surface area contributed by atoms with Crippen molar-refractivity contribution < 1.29 is 4.79 Å². The fourth-order valence-electron chi connectivity index (χ4n) is 3.09. The van der Waals surface area contributed by atoms with Crippen LogP contribution in [0.4, 0.5) is 4.79 Å². The van der Waals surface area contributed by atoms with Gasteiger partial charge >= 0.3 is 6.03 Å². The highest BCUT2D eigenvalue weighted by Crippen LogP contribution is 2.29. The maximum atomic E-state index is 12.9. The van der Waals surface area contributed by atoms with E-state index in [1.54, 1.807) is 4.90 Å². The number of nitrogens with one attached hydrogen (secondary N) is 1. The fraction of sp³-hybridized carbons (Fsp3) is 0.381. The number of nitrogens with zero attached hydrogens (tertiary/aromatic N) is 1. The molecule has 0 aliphatic rings. The molecule has 0 spiro atoms. The number of benzene rings is 2. The van der Waals surface area contributed by atoms with E-state index in [0.717, 1.165) is 24.0 Å². The number of hydrogen-bond donors (Lipinski definition) is 1. The van der Waals surface area contributed by atoms with E-state index in [0.29, 0.717) is 0 Å². The van der Waals surface area contributed by atoms with Crippen LogP contribution in [0.25, 0.3) is 0 Å². The molecule has 0 bridgehead atoms. The quantitative estimate of drug-likeness (QED) is 0.787. The molecule has 0 saturated carbocycles. The lowest BCUT2D eigenvalue weighted by atomic mass is 9.85. The van der Waals surface area contributed by atoms with E-state index < -0.39 is 0 Å². The summed E-state index contributed by atoms with van der Waals surface area (Å²) in [6, 6.07) is 20.3. The Morgan fingerprint density at radius 1 is 1.00 bits per heavy atom. The summed E-state index contributed by atoms with van der Waals surface area (Å²) < 4.78 is 0. The third-order valence-electron chi connectivity index (χ3n) is 5.06. The van der Waals surface area contributed by atoms with Gasteiger partial charge in [0.1, 0.15) is 0 Å². The Bertz CT molecular complexity index is 635. The zero-order valence-electron chi connectivity index (χ0n) is 15.1. The molecule has 0 aliphatic carbocycles. The predicted molar refractivity (Wildman–Crippen MR) is 99.9 cm³/mol. The van der Waals surface area contributed by atoms with Gasteiger partial charge < -0.3 is 10.2 Å². The molecule has 128 valence electrons. The topological polar surface area (TPSA) is 32.3 Å². The summed E-state index contributed by atoms with van der Waals surface area (Å²) in [7, 11) is 1.86. The fourth-order valence-corrected chi connectivity index (χ4v) is 3.09. The largest absolute Gasteiger partial charge is 0.328 e. The van der Waals surface area contributed by atoms with Gasteiger partial charge in [-0.25, -0.2) is 4.79 Å². The zero-order chi connectivity index (χ0) is 17.6. The van der Waals surface area contributed by atoms with Crippen LogP contribution >= 0.6 is 0 Å². The van der Waals surface area contributed by atoms with Gasteiger partial charge in [-0.1, -0.05) is 74.5 Å². The summed E-state index contributed by atoms with van der Waals surface area (Å²) in [5, 5.41) is 3.28. The monoisotopic (exact) mass is 324 g/mol. The number of hydrogen-bond acceptors (Lipinski definition) is 1. The maximum Gasteiger partial charge on any atom is 0.318 e. The Hall–Kier alpha value is -2.29. The van der Waals surface area contributed by atoms with Gasteiger partial charge in [0.15, 0.2) is 0 Å². The van der Waals surface area contributed by atoms with Gasteiger partial charge in [-0.05, 0) is 30.9 Å². The van der Waals surface area contributed by atoms with E-state index in [-0.39, 0.29) is 17.6 Å². The first-order chi connectivity index (χ1) is 11.5. The number of carbonyl (C=O) groups excluding carboxylic acids is 1. The van der Waals surface area contributed by atoms with Crippen molar-refractivity contribution in [2.45, 2.75) is 45.2 Å². The van der Waals surface area contributed by atoms with Crippen molar-refractivity contribution in [3.8, 4) is 0 Å². The average molecular weight is 324 g/mol. The van der Waals surface area contributed by atoms with Gasteiger partial charge in [-0.15, -0.1) is 0 Å². The van der Waals surface area contributed by atoms with Crippen molar-refractivity contribution in [1.82, 2.24) is 10.2 Å². The Morgan fingerprint density at radius 2 is 1.50 bits per heavy atom. The van der Waals surface area contributed by atoms with Crippen molar-refractivity contribution in [2.75, 3.05) is 7.05 Å². The third-order valence-corrected chi connectivity index (χ3v) is 5.06. The molecule has 1 unspecified atom stereocenters. The highest BCUT2D eigenvalue weighted by Gasteiger charge is 2.32. The smallest absolute Gasteiger partial charge is 0.318 e. The minimum Gasteiger partial charge on any atom is -0.328 e. The lowest BCUT2D eigenvalue weighted by Gasteiger charge is -2.36. The molecule has 0 saturated heterocycles. The maximum absolute atomic E-state index is 12.9. The van der Waals surface area contributed by atoms with Crippen LogP contribution < -0.4 is 5.32 Å². The molecule has 24 heavy (non-hydrogen) atoms. The first-order valence-corrected chi connectivity index (χ1v) is 8.69. The van der Waals surface area contributed by atoms with Crippen molar-refractivity contribution >= 4 is 6.03 Å². The first-order valence-electron chi connectivity index (χ1n) is 8.69. The number of carbonyl (C=O) groups is 1. The highest BCUT2D eigenvalue weighted by atomic mass is 16.2. The van der Waals surface area contributed by atoms with Crippen molar-refractivity contribution in [3.63, 3.8) is 0 Å². The second-order valence-electron chi connectivity index (χ2n) is 6.28. The Labute approximate surface area is 145 Å². The average Bonchev–Trinajstić information content (AvgIpc) is 2.66. The van der Waals surface area contributed by atoms with Crippen LogP contribution in [0.3, 0.4) is 0 Å². The van der Waals surface area contributed by atoms with Gasteiger partial charge in [0.05, 0.1) is 11.6 Å². The van der Waals surface area contributed by atoms with E-state index >= 15 is 0 Å². The summed E-state index contributed by atoms with van der Waals surface area (Å²) in [6.45, 7) is 6.30. The molecule has 2 aromatic carbocycles. The second kappa shape index (κ2) is 8.00. The van der Waals surface area contributed by atoms with E-state index in [1.807, 2.05) is 43.4 Å². The standard InChI is InChI=1S/C21H28N2O/c1-5-21(6-2,19-15-11-8-12-16-19)22-20(24)23(4)17(3)18-13-9-7-10-14-18/h7-17H,5-6H2,1-4H3,(H,22,24). The van der Waals surface area contributed by atoms with Crippen LogP contribution in [0.1, 0.15) is 50.8 Å². The summed E-state index contributed by atoms with van der Waals surface area (Å²) in [5.74, 6) is 0. The van der Waals surface area contributed by atoms with Gasteiger partial charge in [-0.3, -0.25) is 0 Å². The SMILES string of the molecule is CCC(CC)(NC(=O)N(C)C(C)c1ccccc1)c1ccccc1. The summed E-state index contributed by atoms with van der Waals surface area (Å²) in [6.07, 6.45) is 1.71. The molecule has 0 aliphatic heterocycles. The van der Waals surface area contributed by atoms with Crippen molar-refractivity contribution in [1.29, 1.82) is 0 Å². The molecule has 1 N–H and O–H groups in total. The number of amides is 2. The van der Waals surface area contributed by atoms with Crippen LogP contribution in [0.2, 0.25) is 0 Å². The molecule has 1 atom stereocenters. The molecule has 0 radical (unpaired) electrons. The Morgan fingerprint density at radius 3 is 2.00 bits per heavy atom. The van der Waals surface area contributed by atoms with Crippen LogP contribution in [-0.4, -0.2) is 18.0 Å². The second-order valence-corrected chi connectivity index (χ2v) is 6.28. The van der Waals surface area contributed by atoms with E-state index in [4.69, 9.17) is 0 Å². The van der Waals surface area contributed by atoms with Crippen LogP contribution in [0.5, 0.6) is 0 Å². The molecule has 2 amide bonds. The molecule has 0 aromatic heterocycles. The molecule has 2 rings (SSSR count). The normalized spacial score (nSPS) is 12.5. The molecule has 3 heteroatoms. The third kappa shape index (κ3) is 3.78. The predicted octanol–water partition coefficient (Wildman–Crippen LogP) is 5.10. The van der Waals surface area contributed by atoms with Gasteiger partial charge in [0.25, 0.3) is 0 Å². The summed E-state index contributed by atoms with van der Waals surface area (Å²) in [5.41, 5.74) is 1.96. The van der Waals surface area contributed by atoms with E-state index in [2.05, 4.69) is 50.4 Å². The van der Waals surface area contributed by atoms with Gasteiger partial charge in [0.2, 0.25) is 0 Å². The van der Waals surface area contributed by atoms with E-state index in [1.165, 1.54) is 0 Å². The van der Waals surface area contributed by atoms with Gasteiger partial charge in [-0.2, -0.15) is 0 Å². The molecular weight excluding hydrogens is 296 g/mol. The molecule has 0 heterocycles. The molecular formula is C21H28N2O. The number of rotatable bonds is 6. The zero-order valence-corrected chi connectivity index (χ0v) is 15.1. The Balaban J connectivity index is 2.19. The highest BCUT2D eigenvalue weighted by molar-refractivity contribution is 5.75. The van der Waals surface area contributed by atoms with Gasteiger partial charge in [0, 0.05) is 7.05 Å². The minimum absolute atomic E-state index is 0.0217. The van der Waals surface area contributed by atoms with Crippen molar-refractivity contribution in [2.24, 2.45) is 0 Å². The first kappa shape index (κ1) is 18.1.